The number of benzene rings is 1. The number of hydrogen-bond acceptors (Lipinski definition) is 3. The molecule has 1 fully saturated rings. The van der Waals surface area contributed by atoms with Crippen molar-refractivity contribution in [3.05, 3.63) is 46.7 Å². The average molecular weight is 321 g/mol. The van der Waals surface area contributed by atoms with Crippen LogP contribution in [-0.4, -0.2) is 38.9 Å². The number of halogens is 1. The molecule has 98 valence electrons. The van der Waals surface area contributed by atoms with Crippen LogP contribution in [0.5, 0.6) is 0 Å². The minimum absolute atomic E-state index is 0.0788. The summed E-state index contributed by atoms with van der Waals surface area (Å²) in [6.07, 6.45) is 4.43. The van der Waals surface area contributed by atoms with E-state index in [4.69, 9.17) is 0 Å². The van der Waals surface area contributed by atoms with Gasteiger partial charge in [0.2, 0.25) is 0 Å². The Morgan fingerprint density at radius 1 is 1.32 bits per heavy atom. The first-order valence-electron chi connectivity index (χ1n) is 6.14. The summed E-state index contributed by atoms with van der Waals surface area (Å²) in [5.41, 5.74) is 0.724. The highest BCUT2D eigenvalue weighted by Gasteiger charge is 2.28. The number of nitrogens with zero attached hydrogens (tertiary/aromatic N) is 4. The molecular formula is C13H13BrN4O. The molecule has 1 atom stereocenters. The van der Waals surface area contributed by atoms with Crippen molar-refractivity contribution in [3.8, 4) is 0 Å². The lowest BCUT2D eigenvalue weighted by molar-refractivity contribution is 0.0787. The second-order valence-corrected chi connectivity index (χ2v) is 5.50. The Balaban J connectivity index is 1.71. The lowest BCUT2D eigenvalue weighted by atomic mass is 10.2. The zero-order valence-corrected chi connectivity index (χ0v) is 11.8. The zero-order valence-electron chi connectivity index (χ0n) is 10.2. The fourth-order valence-corrected chi connectivity index (χ4v) is 2.59. The summed E-state index contributed by atoms with van der Waals surface area (Å²) in [5, 5.41) is 7.81. The molecule has 3 rings (SSSR count). The van der Waals surface area contributed by atoms with Crippen LogP contribution < -0.4 is 0 Å². The summed E-state index contributed by atoms with van der Waals surface area (Å²) in [6.45, 7) is 1.46. The Labute approximate surface area is 119 Å². The normalized spacial score (nSPS) is 18.8. The molecule has 2 heterocycles. The van der Waals surface area contributed by atoms with Gasteiger partial charge < -0.3 is 4.90 Å². The molecule has 0 aliphatic carbocycles. The maximum Gasteiger partial charge on any atom is 0.253 e. The summed E-state index contributed by atoms with van der Waals surface area (Å²) < 4.78 is 2.81. The molecule has 0 saturated carbocycles. The van der Waals surface area contributed by atoms with E-state index in [0.29, 0.717) is 6.54 Å². The monoisotopic (exact) mass is 320 g/mol. The largest absolute Gasteiger partial charge is 0.336 e. The molecule has 1 aromatic carbocycles. The first kappa shape index (κ1) is 12.3. The Morgan fingerprint density at radius 2 is 2.11 bits per heavy atom. The van der Waals surface area contributed by atoms with E-state index in [9.17, 15) is 4.79 Å². The van der Waals surface area contributed by atoms with Crippen molar-refractivity contribution in [2.24, 2.45) is 0 Å². The van der Waals surface area contributed by atoms with E-state index in [2.05, 4.69) is 26.2 Å². The molecule has 6 heteroatoms. The van der Waals surface area contributed by atoms with Gasteiger partial charge in [-0.25, -0.2) is 4.68 Å². The highest BCUT2D eigenvalue weighted by molar-refractivity contribution is 9.10. The van der Waals surface area contributed by atoms with E-state index in [1.54, 1.807) is 6.20 Å². The SMILES string of the molecule is O=C(c1ccc(Br)cc1)N1CCC(n2ccnn2)C1. The smallest absolute Gasteiger partial charge is 0.253 e. The van der Waals surface area contributed by atoms with Crippen molar-refractivity contribution in [2.45, 2.75) is 12.5 Å². The first-order valence-corrected chi connectivity index (χ1v) is 6.94. The first-order chi connectivity index (χ1) is 9.24. The van der Waals surface area contributed by atoms with Gasteiger partial charge in [-0.1, -0.05) is 21.1 Å². The molecule has 0 radical (unpaired) electrons. The van der Waals surface area contributed by atoms with Crippen LogP contribution in [0.15, 0.2) is 41.1 Å². The highest BCUT2D eigenvalue weighted by atomic mass is 79.9. The molecule has 1 aliphatic heterocycles. The van der Waals surface area contributed by atoms with Crippen LogP contribution in [0.1, 0.15) is 22.8 Å². The van der Waals surface area contributed by atoms with Crippen LogP contribution in [0, 0.1) is 0 Å². The zero-order chi connectivity index (χ0) is 13.2. The van der Waals surface area contributed by atoms with Crippen molar-refractivity contribution in [2.75, 3.05) is 13.1 Å². The van der Waals surface area contributed by atoms with E-state index in [1.807, 2.05) is 40.0 Å². The standard InChI is InChI=1S/C13H13BrN4O/c14-11-3-1-10(2-4-11)13(19)17-7-5-12(9-17)18-8-6-15-16-18/h1-4,6,8,12H,5,7,9H2. The Kier molecular flexibility index (Phi) is 3.33. The predicted octanol–water partition coefficient (Wildman–Crippen LogP) is 2.13. The lowest BCUT2D eigenvalue weighted by Crippen LogP contribution is -2.29. The van der Waals surface area contributed by atoms with Gasteiger partial charge in [0, 0.05) is 29.3 Å². The van der Waals surface area contributed by atoms with E-state index in [1.165, 1.54) is 0 Å². The Morgan fingerprint density at radius 3 is 2.79 bits per heavy atom. The van der Waals surface area contributed by atoms with Gasteiger partial charge in [0.25, 0.3) is 5.91 Å². The summed E-state index contributed by atoms with van der Waals surface area (Å²) in [7, 11) is 0. The third kappa shape index (κ3) is 2.53. The molecule has 1 amide bonds. The van der Waals surface area contributed by atoms with E-state index >= 15 is 0 Å². The number of aromatic nitrogens is 3. The second kappa shape index (κ2) is 5.13. The number of carbonyl (C=O) groups excluding carboxylic acids is 1. The van der Waals surface area contributed by atoms with Gasteiger partial charge in [0.15, 0.2) is 0 Å². The van der Waals surface area contributed by atoms with Gasteiger partial charge in [-0.15, -0.1) is 5.10 Å². The minimum Gasteiger partial charge on any atom is -0.336 e. The summed E-state index contributed by atoms with van der Waals surface area (Å²) in [6, 6.07) is 7.70. The quantitative estimate of drug-likeness (QED) is 0.851. The van der Waals surface area contributed by atoms with Crippen molar-refractivity contribution in [3.63, 3.8) is 0 Å². The minimum atomic E-state index is 0.0788. The second-order valence-electron chi connectivity index (χ2n) is 4.58. The van der Waals surface area contributed by atoms with Crippen molar-refractivity contribution < 1.29 is 4.79 Å². The van der Waals surface area contributed by atoms with Gasteiger partial charge in [-0.3, -0.25) is 4.79 Å². The van der Waals surface area contributed by atoms with E-state index in [0.717, 1.165) is 23.0 Å². The van der Waals surface area contributed by atoms with Crippen LogP contribution >= 0.6 is 15.9 Å². The number of amides is 1. The third-order valence-corrected chi connectivity index (χ3v) is 3.89. The van der Waals surface area contributed by atoms with Crippen molar-refractivity contribution in [1.29, 1.82) is 0 Å². The lowest BCUT2D eigenvalue weighted by Gasteiger charge is -2.16. The van der Waals surface area contributed by atoms with Crippen LogP contribution in [0.25, 0.3) is 0 Å². The van der Waals surface area contributed by atoms with Crippen LogP contribution in [0.3, 0.4) is 0 Å². The Hall–Kier alpha value is -1.69. The predicted molar refractivity (Wildman–Crippen MR) is 73.7 cm³/mol. The summed E-state index contributed by atoms with van der Waals surface area (Å²) >= 11 is 3.37. The number of carbonyl (C=O) groups is 1. The average Bonchev–Trinajstić information content (AvgIpc) is 3.10. The maximum atomic E-state index is 12.3. The van der Waals surface area contributed by atoms with Crippen molar-refractivity contribution in [1.82, 2.24) is 19.9 Å². The molecule has 1 saturated heterocycles. The third-order valence-electron chi connectivity index (χ3n) is 3.36. The molecule has 0 N–H and O–H groups in total. The summed E-state index contributed by atoms with van der Waals surface area (Å²) in [4.78, 5) is 14.2. The molecular weight excluding hydrogens is 308 g/mol. The van der Waals surface area contributed by atoms with Gasteiger partial charge in [-0.2, -0.15) is 0 Å². The van der Waals surface area contributed by atoms with Crippen LogP contribution in [0.2, 0.25) is 0 Å². The molecule has 19 heavy (non-hydrogen) atoms. The van der Waals surface area contributed by atoms with Gasteiger partial charge in [-0.05, 0) is 30.7 Å². The molecule has 1 unspecified atom stereocenters. The molecule has 5 nitrogen and oxygen atoms in total. The van der Waals surface area contributed by atoms with Crippen LogP contribution in [0.4, 0.5) is 0 Å². The summed E-state index contributed by atoms with van der Waals surface area (Å²) in [5.74, 6) is 0.0788. The van der Waals surface area contributed by atoms with Crippen LogP contribution in [-0.2, 0) is 0 Å². The maximum absolute atomic E-state index is 12.3. The highest BCUT2D eigenvalue weighted by Crippen LogP contribution is 2.22. The van der Waals surface area contributed by atoms with E-state index < -0.39 is 0 Å². The Bertz CT molecular complexity index is 567. The molecule has 1 aliphatic rings. The van der Waals surface area contributed by atoms with Gasteiger partial charge >= 0.3 is 0 Å². The van der Waals surface area contributed by atoms with Gasteiger partial charge in [0.1, 0.15) is 0 Å². The van der Waals surface area contributed by atoms with Gasteiger partial charge in [0.05, 0.1) is 12.2 Å². The van der Waals surface area contributed by atoms with E-state index in [-0.39, 0.29) is 11.9 Å². The van der Waals surface area contributed by atoms with Crippen molar-refractivity contribution >= 4 is 21.8 Å². The number of hydrogen-bond donors (Lipinski definition) is 0. The number of rotatable bonds is 2. The fourth-order valence-electron chi connectivity index (χ4n) is 2.33. The topological polar surface area (TPSA) is 51.0 Å². The molecule has 2 aromatic rings. The fraction of sp³-hybridized carbons (Fsp3) is 0.308. The molecule has 0 bridgehead atoms. The number of likely N-dealkylation sites (tertiary alicyclic amines) is 1. The molecule has 0 spiro atoms. The molecule has 1 aromatic heterocycles.